The number of hydrogen-bond acceptors (Lipinski definition) is 6. The summed E-state index contributed by atoms with van der Waals surface area (Å²) < 4.78 is 2.04. The van der Waals surface area contributed by atoms with Gasteiger partial charge in [-0.05, 0) is 30.9 Å². The van der Waals surface area contributed by atoms with Gasteiger partial charge in [-0.15, -0.1) is 0 Å². The molecule has 0 radical (unpaired) electrons. The van der Waals surface area contributed by atoms with Gasteiger partial charge < -0.3 is 9.47 Å². The molecule has 228 valence electrons. The fourth-order valence-electron chi connectivity index (χ4n) is 4.94. The molecule has 0 saturated carbocycles. The van der Waals surface area contributed by atoms with Crippen molar-refractivity contribution in [3.63, 3.8) is 0 Å². The molecule has 2 aromatic heterocycles. The highest BCUT2D eigenvalue weighted by Gasteiger charge is 2.13. The SMILES string of the molecule is CCCCCCCCCCCCN(C)C(=O)CCCn1cc(Cc2cncnc2)c(=O)nc1SCc1ccc(C)cc1. The molecule has 0 atom stereocenters. The van der Waals surface area contributed by atoms with E-state index >= 15 is 0 Å². The van der Waals surface area contributed by atoms with E-state index in [0.717, 1.165) is 24.3 Å². The number of benzene rings is 1. The van der Waals surface area contributed by atoms with Crippen LogP contribution in [-0.4, -0.2) is 43.9 Å². The number of carbonyl (C=O) groups is 1. The number of carbonyl (C=O) groups excluding carboxylic acids is 1. The van der Waals surface area contributed by atoms with Crippen molar-refractivity contribution >= 4 is 17.7 Å². The Morgan fingerprint density at radius 3 is 2.19 bits per heavy atom. The molecular formula is C34H49N5O2S. The lowest BCUT2D eigenvalue weighted by molar-refractivity contribution is -0.130. The molecule has 0 N–H and O–H groups in total. The summed E-state index contributed by atoms with van der Waals surface area (Å²) in [4.78, 5) is 40.2. The third-order valence-electron chi connectivity index (χ3n) is 7.59. The van der Waals surface area contributed by atoms with Gasteiger partial charge in [0.1, 0.15) is 6.33 Å². The number of unbranched alkanes of at least 4 members (excludes halogenated alkanes) is 9. The summed E-state index contributed by atoms with van der Waals surface area (Å²) in [5.41, 5.74) is 3.64. The van der Waals surface area contributed by atoms with Crippen LogP contribution in [0.5, 0.6) is 0 Å². The first-order chi connectivity index (χ1) is 20.5. The van der Waals surface area contributed by atoms with Crippen molar-refractivity contribution in [1.29, 1.82) is 0 Å². The molecule has 0 spiro atoms. The minimum Gasteiger partial charge on any atom is -0.346 e. The molecule has 0 fully saturated rings. The van der Waals surface area contributed by atoms with Gasteiger partial charge in [0.05, 0.1) is 0 Å². The maximum atomic E-state index is 12.9. The Kier molecular flexibility index (Phi) is 15.3. The monoisotopic (exact) mass is 591 g/mol. The van der Waals surface area contributed by atoms with Crippen LogP contribution < -0.4 is 5.56 Å². The Hall–Kier alpha value is -3.00. The van der Waals surface area contributed by atoms with E-state index in [4.69, 9.17) is 0 Å². The van der Waals surface area contributed by atoms with Gasteiger partial charge in [0.2, 0.25) is 5.91 Å². The van der Waals surface area contributed by atoms with Crippen molar-refractivity contribution in [3.8, 4) is 0 Å². The fraction of sp³-hybridized carbons (Fsp3) is 0.559. The highest BCUT2D eigenvalue weighted by Crippen LogP contribution is 2.22. The Morgan fingerprint density at radius 2 is 1.52 bits per heavy atom. The van der Waals surface area contributed by atoms with E-state index in [2.05, 4.69) is 53.1 Å². The normalized spacial score (nSPS) is 11.1. The maximum absolute atomic E-state index is 12.9. The van der Waals surface area contributed by atoms with Crippen LogP contribution in [-0.2, 0) is 23.5 Å². The van der Waals surface area contributed by atoms with Crippen LogP contribution in [0.25, 0.3) is 0 Å². The highest BCUT2D eigenvalue weighted by atomic mass is 32.2. The largest absolute Gasteiger partial charge is 0.346 e. The molecule has 0 aliphatic carbocycles. The van der Waals surface area contributed by atoms with Gasteiger partial charge in [-0.25, -0.2) is 9.97 Å². The van der Waals surface area contributed by atoms with Crippen molar-refractivity contribution in [1.82, 2.24) is 24.4 Å². The van der Waals surface area contributed by atoms with Crippen molar-refractivity contribution in [2.75, 3.05) is 13.6 Å². The smallest absolute Gasteiger partial charge is 0.277 e. The Labute approximate surface area is 256 Å². The number of aromatic nitrogens is 4. The van der Waals surface area contributed by atoms with Crippen molar-refractivity contribution in [2.45, 2.75) is 115 Å². The minimum absolute atomic E-state index is 0.176. The molecule has 3 aromatic rings. The summed E-state index contributed by atoms with van der Waals surface area (Å²) in [5, 5.41) is 0.680. The maximum Gasteiger partial charge on any atom is 0.277 e. The average Bonchev–Trinajstić information content (AvgIpc) is 3.00. The number of hydrogen-bond donors (Lipinski definition) is 0. The first-order valence-electron chi connectivity index (χ1n) is 15.7. The van der Waals surface area contributed by atoms with E-state index in [9.17, 15) is 9.59 Å². The fourth-order valence-corrected chi connectivity index (χ4v) is 5.89. The summed E-state index contributed by atoms with van der Waals surface area (Å²) in [6.07, 6.45) is 21.3. The van der Waals surface area contributed by atoms with Crippen LogP contribution in [0.2, 0.25) is 0 Å². The van der Waals surface area contributed by atoms with E-state index in [1.807, 2.05) is 22.7 Å². The Bertz CT molecular complexity index is 1250. The van der Waals surface area contributed by atoms with Gasteiger partial charge >= 0.3 is 0 Å². The number of thioether (sulfide) groups is 1. The number of rotatable bonds is 20. The van der Waals surface area contributed by atoms with Crippen LogP contribution in [0.15, 0.2) is 59.1 Å². The molecule has 2 heterocycles. The molecule has 3 rings (SSSR count). The Morgan fingerprint density at radius 1 is 0.881 bits per heavy atom. The molecule has 0 saturated heterocycles. The predicted molar refractivity (Wildman–Crippen MR) is 173 cm³/mol. The van der Waals surface area contributed by atoms with Crippen molar-refractivity contribution < 1.29 is 4.79 Å². The zero-order chi connectivity index (χ0) is 30.0. The second kappa shape index (κ2) is 19.2. The van der Waals surface area contributed by atoms with Crippen LogP contribution in [0.1, 0.15) is 106 Å². The molecule has 1 aromatic carbocycles. The molecule has 42 heavy (non-hydrogen) atoms. The van der Waals surface area contributed by atoms with Gasteiger partial charge in [-0.2, -0.15) is 4.98 Å². The van der Waals surface area contributed by atoms with E-state index in [0.29, 0.717) is 36.5 Å². The van der Waals surface area contributed by atoms with E-state index < -0.39 is 0 Å². The highest BCUT2D eigenvalue weighted by molar-refractivity contribution is 7.98. The number of aryl methyl sites for hydroxylation is 2. The quantitative estimate of drug-likeness (QED) is 0.0775. The molecule has 1 amide bonds. The molecule has 7 nitrogen and oxygen atoms in total. The van der Waals surface area contributed by atoms with Crippen LogP contribution in [0, 0.1) is 6.92 Å². The molecular weight excluding hydrogens is 542 g/mol. The predicted octanol–water partition coefficient (Wildman–Crippen LogP) is 7.38. The van der Waals surface area contributed by atoms with Gasteiger partial charge in [0.15, 0.2) is 5.16 Å². The molecule has 0 unspecified atom stereocenters. The second-order valence-electron chi connectivity index (χ2n) is 11.3. The average molecular weight is 592 g/mol. The van der Waals surface area contributed by atoms with Crippen LogP contribution >= 0.6 is 11.8 Å². The molecule has 0 aliphatic rings. The van der Waals surface area contributed by atoms with Gasteiger partial charge in [-0.3, -0.25) is 9.59 Å². The zero-order valence-corrected chi connectivity index (χ0v) is 26.7. The lowest BCUT2D eigenvalue weighted by Gasteiger charge is -2.18. The van der Waals surface area contributed by atoms with Gasteiger partial charge in [0.25, 0.3) is 5.56 Å². The lowest BCUT2D eigenvalue weighted by atomic mass is 10.1. The summed E-state index contributed by atoms with van der Waals surface area (Å²) in [7, 11) is 1.92. The Balaban J connectivity index is 1.49. The second-order valence-corrected chi connectivity index (χ2v) is 12.3. The van der Waals surface area contributed by atoms with Crippen molar-refractivity contribution in [2.24, 2.45) is 0 Å². The first kappa shape index (κ1) is 33.5. The minimum atomic E-state index is -0.228. The van der Waals surface area contributed by atoms with Gasteiger partial charge in [0, 0.05) is 62.9 Å². The summed E-state index contributed by atoms with van der Waals surface area (Å²) in [6.45, 7) is 5.77. The van der Waals surface area contributed by atoms with E-state index in [1.165, 1.54) is 75.2 Å². The van der Waals surface area contributed by atoms with Crippen LogP contribution in [0.4, 0.5) is 0 Å². The summed E-state index contributed by atoms with van der Waals surface area (Å²) in [5.74, 6) is 0.898. The molecule has 0 aliphatic heterocycles. The van der Waals surface area contributed by atoms with Crippen LogP contribution in [0.3, 0.4) is 0 Å². The zero-order valence-electron chi connectivity index (χ0n) is 25.9. The third kappa shape index (κ3) is 12.5. The summed E-state index contributed by atoms with van der Waals surface area (Å²) in [6, 6.07) is 8.41. The number of nitrogens with zero attached hydrogens (tertiary/aromatic N) is 5. The van der Waals surface area contributed by atoms with Gasteiger partial charge in [-0.1, -0.05) is 106 Å². The van der Waals surface area contributed by atoms with E-state index in [1.54, 1.807) is 24.2 Å². The van der Waals surface area contributed by atoms with E-state index in [-0.39, 0.29) is 11.5 Å². The molecule has 0 bridgehead atoms. The topological polar surface area (TPSA) is 81.0 Å². The third-order valence-corrected chi connectivity index (χ3v) is 8.65. The lowest BCUT2D eigenvalue weighted by Crippen LogP contribution is -2.28. The molecule has 8 heteroatoms. The van der Waals surface area contributed by atoms with Crippen molar-refractivity contribution in [3.05, 3.63) is 81.8 Å². The summed E-state index contributed by atoms with van der Waals surface area (Å²) >= 11 is 1.56. The standard InChI is InChI=1S/C34H49N5O2S/c1-4-5-6-7-8-9-10-11-12-13-20-38(3)32(40)15-14-21-39-25-31(22-30-23-35-27-36-24-30)33(41)37-34(39)42-26-29-18-16-28(2)17-19-29/h16-19,23-25,27H,4-15,20-22,26H2,1-3H3. The first-order valence-corrected chi connectivity index (χ1v) is 16.7. The number of amides is 1.